The van der Waals surface area contributed by atoms with Gasteiger partial charge in [0.05, 0.1) is 11.6 Å². The number of nitrogens with one attached hydrogen (secondary N) is 1. The Hall–Kier alpha value is -3.86. The Bertz CT molecular complexity index is 1210. The first-order valence-electron chi connectivity index (χ1n) is 10.1. The van der Waals surface area contributed by atoms with Crippen molar-refractivity contribution >= 4 is 22.6 Å². The molecule has 0 aliphatic rings. The van der Waals surface area contributed by atoms with Crippen LogP contribution in [0.5, 0.6) is 0 Å². The van der Waals surface area contributed by atoms with Crippen molar-refractivity contribution < 1.29 is 14.0 Å². The first-order valence-corrected chi connectivity index (χ1v) is 10.1. The molecule has 5 heteroatoms. The number of pyridine rings is 1. The molecule has 0 fully saturated rings. The van der Waals surface area contributed by atoms with Crippen LogP contribution >= 0.6 is 0 Å². The highest BCUT2D eigenvalue weighted by Crippen LogP contribution is 2.20. The highest BCUT2D eigenvalue weighted by molar-refractivity contribution is 5.99. The van der Waals surface area contributed by atoms with Gasteiger partial charge >= 0.3 is 0 Å². The summed E-state index contributed by atoms with van der Waals surface area (Å²) in [5, 5.41) is 3.59. The molecule has 3 aromatic carbocycles. The molecule has 4 rings (SSSR count). The van der Waals surface area contributed by atoms with Crippen molar-refractivity contribution in [1.82, 2.24) is 10.3 Å². The fraction of sp³-hybridized carbons (Fsp3) is 0.115. The molecule has 1 amide bonds. The van der Waals surface area contributed by atoms with Gasteiger partial charge in [-0.15, -0.1) is 0 Å². The van der Waals surface area contributed by atoms with Gasteiger partial charge in [0, 0.05) is 29.6 Å². The van der Waals surface area contributed by atoms with E-state index >= 15 is 0 Å². The lowest BCUT2D eigenvalue weighted by Crippen LogP contribution is -2.43. The summed E-state index contributed by atoms with van der Waals surface area (Å²) in [6, 6.07) is 23.8. The van der Waals surface area contributed by atoms with Crippen molar-refractivity contribution in [3.63, 3.8) is 0 Å². The average Bonchev–Trinajstić information content (AvgIpc) is 2.79. The van der Waals surface area contributed by atoms with Crippen molar-refractivity contribution in [2.24, 2.45) is 0 Å². The van der Waals surface area contributed by atoms with Crippen LogP contribution in [0.15, 0.2) is 91.1 Å². The number of amides is 1. The van der Waals surface area contributed by atoms with Gasteiger partial charge in [0.15, 0.2) is 5.78 Å². The third-order valence-electron chi connectivity index (χ3n) is 5.15. The van der Waals surface area contributed by atoms with Crippen LogP contribution in [0.1, 0.15) is 21.5 Å². The molecule has 154 valence electrons. The van der Waals surface area contributed by atoms with Crippen LogP contribution in [-0.2, 0) is 17.6 Å². The molecule has 4 nitrogen and oxygen atoms in total. The van der Waals surface area contributed by atoms with Crippen LogP contribution in [0.3, 0.4) is 0 Å². The summed E-state index contributed by atoms with van der Waals surface area (Å²) in [6.07, 6.45) is 1.93. The van der Waals surface area contributed by atoms with Crippen LogP contribution in [0.25, 0.3) is 10.9 Å². The Labute approximate surface area is 179 Å². The third kappa shape index (κ3) is 5.01. The molecule has 1 atom stereocenters. The maximum absolute atomic E-state index is 14.1. The molecule has 0 radical (unpaired) electrons. The zero-order chi connectivity index (χ0) is 21.6. The second-order valence-corrected chi connectivity index (χ2v) is 7.36. The fourth-order valence-corrected chi connectivity index (χ4v) is 3.60. The summed E-state index contributed by atoms with van der Waals surface area (Å²) in [6.45, 7) is 0. The molecule has 0 aliphatic heterocycles. The Kier molecular flexibility index (Phi) is 6.13. The number of aromatic nitrogens is 1. The number of nitrogens with zero attached hydrogens (tertiary/aromatic N) is 1. The summed E-state index contributed by atoms with van der Waals surface area (Å²) >= 11 is 0. The van der Waals surface area contributed by atoms with E-state index in [0.717, 1.165) is 10.9 Å². The largest absolute Gasteiger partial charge is 0.342 e. The lowest BCUT2D eigenvalue weighted by atomic mass is 9.95. The van der Waals surface area contributed by atoms with Gasteiger partial charge in [-0.05, 0) is 41.8 Å². The van der Waals surface area contributed by atoms with E-state index < -0.39 is 11.9 Å². The second kappa shape index (κ2) is 9.30. The molecule has 4 aromatic rings. The molecule has 0 saturated heterocycles. The number of ketones is 1. The molecule has 1 aromatic heterocycles. The maximum Gasteiger partial charge on any atom is 0.251 e. The van der Waals surface area contributed by atoms with Crippen LogP contribution < -0.4 is 5.32 Å². The SMILES string of the molecule is O=C(NC(Cc1ccccc1)C(=O)Cc1cc(F)cc2ncccc12)c1ccccc1. The highest BCUT2D eigenvalue weighted by Gasteiger charge is 2.23. The second-order valence-electron chi connectivity index (χ2n) is 7.36. The van der Waals surface area contributed by atoms with Gasteiger partial charge < -0.3 is 5.32 Å². The van der Waals surface area contributed by atoms with E-state index in [1.54, 1.807) is 36.5 Å². The zero-order valence-corrected chi connectivity index (χ0v) is 16.8. The first-order chi connectivity index (χ1) is 15.1. The lowest BCUT2D eigenvalue weighted by Gasteiger charge is -2.19. The monoisotopic (exact) mass is 412 g/mol. The first kappa shape index (κ1) is 20.4. The van der Waals surface area contributed by atoms with E-state index in [0.29, 0.717) is 23.1 Å². The highest BCUT2D eigenvalue weighted by atomic mass is 19.1. The predicted molar refractivity (Wildman–Crippen MR) is 118 cm³/mol. The average molecular weight is 412 g/mol. The Morgan fingerprint density at radius 3 is 2.35 bits per heavy atom. The molecule has 0 saturated carbocycles. The van der Waals surface area contributed by atoms with Gasteiger partial charge in [-0.1, -0.05) is 54.6 Å². The number of benzene rings is 3. The molecular formula is C26H21FN2O2. The minimum absolute atomic E-state index is 0.00742. The molecule has 0 spiro atoms. The molecule has 0 bridgehead atoms. The minimum Gasteiger partial charge on any atom is -0.342 e. The van der Waals surface area contributed by atoms with Gasteiger partial charge in [-0.2, -0.15) is 0 Å². The quantitative estimate of drug-likeness (QED) is 0.485. The number of halogens is 1. The Morgan fingerprint density at radius 1 is 0.903 bits per heavy atom. The van der Waals surface area contributed by atoms with Gasteiger partial charge in [0.1, 0.15) is 5.82 Å². The molecule has 0 aliphatic carbocycles. The lowest BCUT2D eigenvalue weighted by molar-refractivity contribution is -0.120. The van der Waals surface area contributed by atoms with Crippen molar-refractivity contribution in [1.29, 1.82) is 0 Å². The molecule has 1 unspecified atom stereocenters. The van der Waals surface area contributed by atoms with E-state index in [4.69, 9.17) is 0 Å². The number of carbonyl (C=O) groups is 2. The van der Waals surface area contributed by atoms with Crippen LogP contribution in [-0.4, -0.2) is 22.7 Å². The van der Waals surface area contributed by atoms with E-state index in [9.17, 15) is 14.0 Å². The predicted octanol–water partition coefficient (Wildman–Crippen LogP) is 4.53. The number of hydrogen-bond donors (Lipinski definition) is 1. The van der Waals surface area contributed by atoms with Gasteiger partial charge in [0.2, 0.25) is 0 Å². The Balaban J connectivity index is 1.61. The summed E-state index contributed by atoms with van der Waals surface area (Å²) in [5.41, 5.74) is 2.46. The number of hydrogen-bond acceptors (Lipinski definition) is 3. The molecule has 31 heavy (non-hydrogen) atoms. The number of Topliss-reactive ketones (excluding diaryl/α,β-unsaturated/α-hetero) is 1. The van der Waals surface area contributed by atoms with Crippen molar-refractivity contribution in [2.75, 3.05) is 0 Å². The topological polar surface area (TPSA) is 59.1 Å². The summed E-state index contributed by atoms with van der Waals surface area (Å²) < 4.78 is 14.1. The third-order valence-corrected chi connectivity index (χ3v) is 5.15. The summed E-state index contributed by atoms with van der Waals surface area (Å²) in [4.78, 5) is 30.2. The normalized spacial score (nSPS) is 11.8. The summed E-state index contributed by atoms with van der Waals surface area (Å²) in [7, 11) is 0. The van der Waals surface area contributed by atoms with Crippen molar-refractivity contribution in [2.45, 2.75) is 18.9 Å². The van der Waals surface area contributed by atoms with E-state index in [1.807, 2.05) is 42.5 Å². The zero-order valence-electron chi connectivity index (χ0n) is 16.8. The maximum atomic E-state index is 14.1. The van der Waals surface area contributed by atoms with Gasteiger partial charge in [-0.25, -0.2) is 4.39 Å². The van der Waals surface area contributed by atoms with E-state index in [2.05, 4.69) is 10.3 Å². The van der Waals surface area contributed by atoms with Crippen LogP contribution in [0.2, 0.25) is 0 Å². The molecule has 1 N–H and O–H groups in total. The minimum atomic E-state index is -0.745. The standard InChI is InChI=1S/C26H21FN2O2/c27-21-15-20(22-12-7-13-28-23(22)17-21)16-25(30)24(14-18-8-3-1-4-9-18)29-26(31)19-10-5-2-6-11-19/h1-13,15,17,24H,14,16H2,(H,29,31). The van der Waals surface area contributed by atoms with Crippen molar-refractivity contribution in [3.8, 4) is 0 Å². The van der Waals surface area contributed by atoms with Gasteiger partial charge in [-0.3, -0.25) is 14.6 Å². The fourth-order valence-electron chi connectivity index (χ4n) is 3.60. The van der Waals surface area contributed by atoms with Gasteiger partial charge in [0.25, 0.3) is 5.91 Å². The van der Waals surface area contributed by atoms with Crippen LogP contribution in [0, 0.1) is 5.82 Å². The molecular weight excluding hydrogens is 391 g/mol. The summed E-state index contributed by atoms with van der Waals surface area (Å²) in [5.74, 6) is -0.952. The van der Waals surface area contributed by atoms with Crippen LogP contribution in [0.4, 0.5) is 4.39 Å². The van der Waals surface area contributed by atoms with E-state index in [1.165, 1.54) is 12.1 Å². The number of fused-ring (bicyclic) bond motifs is 1. The Morgan fingerprint density at radius 2 is 1.61 bits per heavy atom. The smallest absolute Gasteiger partial charge is 0.251 e. The number of rotatable bonds is 7. The molecule has 1 heterocycles. The number of carbonyl (C=O) groups excluding carboxylic acids is 2. The van der Waals surface area contributed by atoms with Crippen molar-refractivity contribution in [3.05, 3.63) is 114 Å². The van der Waals surface area contributed by atoms with E-state index in [-0.39, 0.29) is 18.1 Å².